The minimum Gasteiger partial charge on any atom is -0.497 e. The smallest absolute Gasteiger partial charge is 0.303 e. The maximum absolute atomic E-state index is 12.0. The molecule has 1 aromatic carbocycles. The first-order valence-corrected chi connectivity index (χ1v) is 7.17. The van der Waals surface area contributed by atoms with Crippen molar-refractivity contribution in [3.8, 4) is 5.75 Å². The molecule has 2 N–H and O–H groups in total. The number of aliphatic carboxylic acids is 1. The molecule has 0 aliphatic heterocycles. The molecule has 0 saturated heterocycles. The summed E-state index contributed by atoms with van der Waals surface area (Å²) in [5.74, 6) is -0.330. The summed E-state index contributed by atoms with van der Waals surface area (Å²) >= 11 is 3.33. The van der Waals surface area contributed by atoms with Gasteiger partial charge < -0.3 is 15.2 Å². The van der Waals surface area contributed by atoms with Gasteiger partial charge in [-0.1, -0.05) is 6.42 Å². The number of rotatable bonds is 8. The van der Waals surface area contributed by atoms with Crippen LogP contribution in [-0.4, -0.2) is 30.6 Å². The largest absolute Gasteiger partial charge is 0.497 e. The van der Waals surface area contributed by atoms with Crippen molar-refractivity contribution in [3.05, 3.63) is 28.2 Å². The van der Waals surface area contributed by atoms with Gasteiger partial charge in [0.25, 0.3) is 5.91 Å². The zero-order chi connectivity index (χ0) is 15.0. The Morgan fingerprint density at radius 2 is 2.05 bits per heavy atom. The van der Waals surface area contributed by atoms with Gasteiger partial charge in [-0.15, -0.1) is 0 Å². The van der Waals surface area contributed by atoms with Gasteiger partial charge in [-0.2, -0.15) is 0 Å². The Balaban J connectivity index is 2.37. The van der Waals surface area contributed by atoms with Gasteiger partial charge >= 0.3 is 5.97 Å². The standard InChI is InChI=1S/C14H18BrNO4/c1-20-10-6-7-12(15)11(9-10)14(19)16-8-4-2-3-5-13(17)18/h6-7,9H,2-5,8H2,1H3,(H,16,19)(H,17,18). The fraction of sp³-hybridized carbons (Fsp3) is 0.429. The molecular weight excluding hydrogens is 326 g/mol. The van der Waals surface area contributed by atoms with Gasteiger partial charge in [-0.05, 0) is 47.0 Å². The van der Waals surface area contributed by atoms with Crippen molar-refractivity contribution in [3.63, 3.8) is 0 Å². The van der Waals surface area contributed by atoms with Gasteiger partial charge in [0.1, 0.15) is 5.75 Å². The van der Waals surface area contributed by atoms with Crippen molar-refractivity contribution in [2.24, 2.45) is 0 Å². The summed E-state index contributed by atoms with van der Waals surface area (Å²) in [5.41, 5.74) is 0.523. The summed E-state index contributed by atoms with van der Waals surface area (Å²) in [5, 5.41) is 11.3. The van der Waals surface area contributed by atoms with Crippen LogP contribution in [0.3, 0.4) is 0 Å². The molecular formula is C14H18BrNO4. The first kappa shape index (κ1) is 16.5. The molecule has 0 saturated carbocycles. The van der Waals surface area contributed by atoms with Crippen molar-refractivity contribution in [1.82, 2.24) is 5.32 Å². The van der Waals surface area contributed by atoms with E-state index >= 15 is 0 Å². The molecule has 0 spiro atoms. The molecule has 1 rings (SSSR count). The van der Waals surface area contributed by atoms with Crippen LogP contribution in [0.25, 0.3) is 0 Å². The molecule has 0 atom stereocenters. The van der Waals surface area contributed by atoms with Gasteiger partial charge in [0, 0.05) is 17.4 Å². The van der Waals surface area contributed by atoms with Gasteiger partial charge in [-0.3, -0.25) is 9.59 Å². The number of carboxylic acids is 1. The van der Waals surface area contributed by atoms with Crippen LogP contribution < -0.4 is 10.1 Å². The highest BCUT2D eigenvalue weighted by Gasteiger charge is 2.10. The van der Waals surface area contributed by atoms with Crippen molar-refractivity contribution in [2.75, 3.05) is 13.7 Å². The number of amides is 1. The Morgan fingerprint density at radius 3 is 2.70 bits per heavy atom. The maximum Gasteiger partial charge on any atom is 0.303 e. The van der Waals surface area contributed by atoms with Crippen LogP contribution in [0.5, 0.6) is 5.75 Å². The van der Waals surface area contributed by atoms with Crippen molar-refractivity contribution in [1.29, 1.82) is 0 Å². The number of ether oxygens (including phenoxy) is 1. The maximum atomic E-state index is 12.0. The van der Waals surface area contributed by atoms with Gasteiger partial charge in [0.2, 0.25) is 0 Å². The van der Waals surface area contributed by atoms with E-state index in [0.717, 1.165) is 12.8 Å². The Kier molecular flexibility index (Phi) is 7.08. The number of halogens is 1. The van der Waals surface area contributed by atoms with Gasteiger partial charge in [-0.25, -0.2) is 0 Å². The topological polar surface area (TPSA) is 75.6 Å². The summed E-state index contributed by atoms with van der Waals surface area (Å²) in [7, 11) is 1.55. The molecule has 1 aromatic rings. The second-order valence-corrected chi connectivity index (χ2v) is 5.16. The number of nitrogens with one attached hydrogen (secondary N) is 1. The third kappa shape index (κ3) is 5.61. The highest BCUT2D eigenvalue weighted by Crippen LogP contribution is 2.22. The number of carbonyl (C=O) groups excluding carboxylic acids is 1. The van der Waals surface area contributed by atoms with Crippen LogP contribution in [0.15, 0.2) is 22.7 Å². The lowest BCUT2D eigenvalue weighted by atomic mass is 10.1. The zero-order valence-corrected chi connectivity index (χ0v) is 12.9. The number of unbranched alkanes of at least 4 members (excludes halogenated alkanes) is 2. The zero-order valence-electron chi connectivity index (χ0n) is 11.3. The molecule has 0 aliphatic rings. The average Bonchev–Trinajstić information content (AvgIpc) is 2.42. The summed E-state index contributed by atoms with van der Waals surface area (Å²) in [4.78, 5) is 22.3. The number of hydrogen-bond donors (Lipinski definition) is 2. The van der Waals surface area contributed by atoms with Crippen LogP contribution in [0.2, 0.25) is 0 Å². The van der Waals surface area contributed by atoms with E-state index in [4.69, 9.17) is 9.84 Å². The first-order valence-electron chi connectivity index (χ1n) is 6.38. The Bertz CT molecular complexity index is 476. The minimum atomic E-state index is -0.783. The predicted molar refractivity (Wildman–Crippen MR) is 79.1 cm³/mol. The third-order valence-corrected chi connectivity index (χ3v) is 3.46. The highest BCUT2D eigenvalue weighted by atomic mass is 79.9. The fourth-order valence-corrected chi connectivity index (χ4v) is 2.11. The summed E-state index contributed by atoms with van der Waals surface area (Å²) < 4.78 is 5.79. The molecule has 0 heterocycles. The lowest BCUT2D eigenvalue weighted by Crippen LogP contribution is -2.24. The normalized spacial score (nSPS) is 10.1. The predicted octanol–water partition coefficient (Wildman–Crippen LogP) is 2.83. The van der Waals surface area contributed by atoms with E-state index in [1.54, 1.807) is 25.3 Å². The van der Waals surface area contributed by atoms with Crippen LogP contribution >= 0.6 is 15.9 Å². The number of hydrogen-bond acceptors (Lipinski definition) is 3. The Morgan fingerprint density at radius 1 is 1.30 bits per heavy atom. The molecule has 1 amide bonds. The highest BCUT2D eigenvalue weighted by molar-refractivity contribution is 9.10. The SMILES string of the molecule is COc1ccc(Br)c(C(=O)NCCCCCC(=O)O)c1. The molecule has 0 aliphatic carbocycles. The molecule has 20 heavy (non-hydrogen) atoms. The van der Waals surface area contributed by atoms with E-state index in [1.807, 2.05) is 0 Å². The lowest BCUT2D eigenvalue weighted by molar-refractivity contribution is -0.137. The number of carboxylic acid groups (broad SMARTS) is 1. The minimum absolute atomic E-state index is 0.172. The lowest BCUT2D eigenvalue weighted by Gasteiger charge is -2.08. The Labute approximate surface area is 126 Å². The molecule has 0 unspecified atom stereocenters. The number of carbonyl (C=O) groups is 2. The number of methoxy groups -OCH3 is 1. The molecule has 6 heteroatoms. The van der Waals surface area contributed by atoms with Gasteiger partial charge in [0.15, 0.2) is 0 Å². The molecule has 110 valence electrons. The quantitative estimate of drug-likeness (QED) is 0.711. The second-order valence-electron chi connectivity index (χ2n) is 4.31. The first-order chi connectivity index (χ1) is 9.54. The van der Waals surface area contributed by atoms with E-state index < -0.39 is 5.97 Å². The molecule has 0 bridgehead atoms. The molecule has 0 fully saturated rings. The Hall–Kier alpha value is -1.56. The van der Waals surface area contributed by atoms with E-state index in [0.29, 0.717) is 28.8 Å². The average molecular weight is 344 g/mol. The van der Waals surface area contributed by atoms with Gasteiger partial charge in [0.05, 0.1) is 12.7 Å². The van der Waals surface area contributed by atoms with E-state index in [9.17, 15) is 9.59 Å². The van der Waals surface area contributed by atoms with E-state index in [-0.39, 0.29) is 12.3 Å². The van der Waals surface area contributed by atoms with Crippen molar-refractivity contribution < 1.29 is 19.4 Å². The van der Waals surface area contributed by atoms with Crippen molar-refractivity contribution >= 4 is 27.8 Å². The monoisotopic (exact) mass is 343 g/mol. The van der Waals surface area contributed by atoms with Crippen LogP contribution in [-0.2, 0) is 4.79 Å². The van der Waals surface area contributed by atoms with E-state index in [1.165, 1.54) is 0 Å². The van der Waals surface area contributed by atoms with Crippen LogP contribution in [0, 0.1) is 0 Å². The molecule has 5 nitrogen and oxygen atoms in total. The number of benzene rings is 1. The van der Waals surface area contributed by atoms with Crippen LogP contribution in [0.4, 0.5) is 0 Å². The summed E-state index contributed by atoms with van der Waals surface area (Å²) in [6.07, 6.45) is 2.36. The van der Waals surface area contributed by atoms with E-state index in [2.05, 4.69) is 21.2 Å². The van der Waals surface area contributed by atoms with Crippen molar-refractivity contribution in [2.45, 2.75) is 25.7 Å². The molecule has 0 radical (unpaired) electrons. The fourth-order valence-electron chi connectivity index (χ4n) is 1.68. The van der Waals surface area contributed by atoms with Crippen LogP contribution in [0.1, 0.15) is 36.0 Å². The molecule has 0 aromatic heterocycles. The second kappa shape index (κ2) is 8.58. The third-order valence-electron chi connectivity index (χ3n) is 2.77. The summed E-state index contributed by atoms with van der Waals surface area (Å²) in [6, 6.07) is 5.21. The summed E-state index contributed by atoms with van der Waals surface area (Å²) in [6.45, 7) is 0.530.